The summed E-state index contributed by atoms with van der Waals surface area (Å²) in [5, 5.41) is 0. The van der Waals surface area contributed by atoms with Crippen molar-refractivity contribution in [2.24, 2.45) is 0 Å². The van der Waals surface area contributed by atoms with Gasteiger partial charge in [0.15, 0.2) is 0 Å². The molecule has 1 rings (SSSR count). The van der Waals surface area contributed by atoms with Gasteiger partial charge in [0.1, 0.15) is 11.9 Å². The minimum absolute atomic E-state index is 0.308. The smallest absolute Gasteiger partial charge is 0.410 e. The molecule has 1 amide bonds. The van der Waals surface area contributed by atoms with E-state index in [1.807, 2.05) is 20.8 Å². The highest BCUT2D eigenvalue weighted by Gasteiger charge is 2.28. The number of hydrogen-bond acceptors (Lipinski definition) is 3. The van der Waals surface area contributed by atoms with Gasteiger partial charge in [0.2, 0.25) is 0 Å². The van der Waals surface area contributed by atoms with Crippen LogP contribution < -0.4 is 0 Å². The largest absolute Gasteiger partial charge is 0.444 e. The summed E-state index contributed by atoms with van der Waals surface area (Å²) in [6, 6.07) is -0.308. The number of hydrogen-bond donors (Lipinski definition) is 0. The van der Waals surface area contributed by atoms with Crippen LogP contribution in [0.25, 0.3) is 0 Å². The monoisotopic (exact) mass is 227 g/mol. The number of rotatable bonds is 1. The highest BCUT2D eigenvalue weighted by Crippen LogP contribution is 2.18. The normalized spacial score (nSPS) is 22.4. The third kappa shape index (κ3) is 3.83. The molecule has 0 aromatic rings. The molecular weight excluding hydrogens is 206 g/mol. The van der Waals surface area contributed by atoms with Crippen LogP contribution in [0.2, 0.25) is 0 Å². The van der Waals surface area contributed by atoms with Crippen LogP contribution in [0.4, 0.5) is 4.79 Å². The molecular formula is C12H21NO3. The standard InChI is InChI=1S/C12H21NO3/c1-12(2,3)16-11(15)13-8-6-4-5-7-10(13)9-14/h9-10H,4-8H2,1-3H3/t10-/m1/s1. The molecule has 1 fully saturated rings. The van der Waals surface area contributed by atoms with Crippen molar-refractivity contribution in [3.05, 3.63) is 0 Å². The molecule has 0 N–H and O–H groups in total. The third-order valence-corrected chi connectivity index (χ3v) is 2.58. The van der Waals surface area contributed by atoms with E-state index in [9.17, 15) is 9.59 Å². The van der Waals surface area contributed by atoms with Crippen molar-refractivity contribution < 1.29 is 14.3 Å². The minimum Gasteiger partial charge on any atom is -0.444 e. The van der Waals surface area contributed by atoms with E-state index in [1.165, 1.54) is 0 Å². The number of carbonyl (C=O) groups excluding carboxylic acids is 2. The van der Waals surface area contributed by atoms with Crippen molar-refractivity contribution in [1.29, 1.82) is 0 Å². The highest BCUT2D eigenvalue weighted by atomic mass is 16.6. The fraction of sp³-hybridized carbons (Fsp3) is 0.833. The fourth-order valence-corrected chi connectivity index (χ4v) is 1.82. The van der Waals surface area contributed by atoms with Crippen LogP contribution in [-0.2, 0) is 9.53 Å². The van der Waals surface area contributed by atoms with Crippen LogP contribution in [-0.4, -0.2) is 35.5 Å². The van der Waals surface area contributed by atoms with Crippen molar-refractivity contribution in [1.82, 2.24) is 4.90 Å². The molecule has 0 unspecified atom stereocenters. The van der Waals surface area contributed by atoms with Gasteiger partial charge in [-0.15, -0.1) is 0 Å². The Labute approximate surface area is 96.9 Å². The van der Waals surface area contributed by atoms with Crippen molar-refractivity contribution >= 4 is 12.4 Å². The molecule has 92 valence electrons. The molecule has 0 bridgehead atoms. The van der Waals surface area contributed by atoms with Crippen LogP contribution in [0, 0.1) is 0 Å². The van der Waals surface area contributed by atoms with E-state index < -0.39 is 5.60 Å². The first-order chi connectivity index (χ1) is 7.44. The average molecular weight is 227 g/mol. The lowest BCUT2D eigenvalue weighted by Crippen LogP contribution is -2.43. The van der Waals surface area contributed by atoms with Gasteiger partial charge < -0.3 is 9.53 Å². The average Bonchev–Trinajstić information content (AvgIpc) is 2.39. The first-order valence-corrected chi connectivity index (χ1v) is 5.89. The van der Waals surface area contributed by atoms with Gasteiger partial charge in [0.25, 0.3) is 0 Å². The zero-order valence-corrected chi connectivity index (χ0v) is 10.4. The minimum atomic E-state index is -0.503. The number of ether oxygens (including phenoxy) is 1. The first-order valence-electron chi connectivity index (χ1n) is 5.89. The summed E-state index contributed by atoms with van der Waals surface area (Å²) >= 11 is 0. The number of carbonyl (C=O) groups is 2. The second kappa shape index (κ2) is 5.32. The molecule has 4 nitrogen and oxygen atoms in total. The summed E-state index contributed by atoms with van der Waals surface area (Å²) in [5.74, 6) is 0. The molecule has 1 heterocycles. The molecule has 0 spiro atoms. The Balaban J connectivity index is 2.66. The number of amides is 1. The zero-order valence-electron chi connectivity index (χ0n) is 10.4. The molecule has 1 saturated heterocycles. The number of aldehydes is 1. The molecule has 1 aliphatic rings. The second-order valence-electron chi connectivity index (χ2n) is 5.23. The lowest BCUT2D eigenvalue weighted by molar-refractivity contribution is -0.112. The van der Waals surface area contributed by atoms with E-state index >= 15 is 0 Å². The Hall–Kier alpha value is -1.06. The van der Waals surface area contributed by atoms with E-state index in [0.717, 1.165) is 32.0 Å². The van der Waals surface area contributed by atoms with Crippen LogP contribution in [0.5, 0.6) is 0 Å². The molecule has 1 aliphatic heterocycles. The Morgan fingerprint density at radius 3 is 2.56 bits per heavy atom. The summed E-state index contributed by atoms with van der Waals surface area (Å²) < 4.78 is 5.29. The van der Waals surface area contributed by atoms with Crippen LogP contribution in [0.3, 0.4) is 0 Å². The van der Waals surface area contributed by atoms with Gasteiger partial charge >= 0.3 is 6.09 Å². The second-order valence-corrected chi connectivity index (χ2v) is 5.23. The van der Waals surface area contributed by atoms with Gasteiger partial charge in [-0.25, -0.2) is 4.79 Å². The lowest BCUT2D eigenvalue weighted by atomic mass is 10.1. The van der Waals surface area contributed by atoms with E-state index in [1.54, 1.807) is 4.90 Å². The maximum Gasteiger partial charge on any atom is 0.410 e. The Bertz CT molecular complexity index is 257. The predicted molar refractivity (Wildman–Crippen MR) is 61.3 cm³/mol. The Morgan fingerprint density at radius 2 is 2.00 bits per heavy atom. The third-order valence-electron chi connectivity index (χ3n) is 2.58. The SMILES string of the molecule is CC(C)(C)OC(=O)N1CCCCC[C@@H]1C=O. The highest BCUT2D eigenvalue weighted by molar-refractivity contribution is 5.73. The summed E-state index contributed by atoms with van der Waals surface area (Å²) in [4.78, 5) is 24.4. The van der Waals surface area contributed by atoms with Crippen LogP contribution in [0.15, 0.2) is 0 Å². The summed E-state index contributed by atoms with van der Waals surface area (Å²) in [7, 11) is 0. The van der Waals surface area contributed by atoms with E-state index in [2.05, 4.69) is 0 Å². The van der Waals surface area contributed by atoms with Gasteiger partial charge in [-0.2, -0.15) is 0 Å². The molecule has 4 heteroatoms. The molecule has 16 heavy (non-hydrogen) atoms. The summed E-state index contributed by atoms with van der Waals surface area (Å²) in [6.45, 7) is 6.12. The van der Waals surface area contributed by atoms with Gasteiger partial charge in [0, 0.05) is 6.54 Å². The van der Waals surface area contributed by atoms with Crippen molar-refractivity contribution in [3.8, 4) is 0 Å². The van der Waals surface area contributed by atoms with E-state index in [-0.39, 0.29) is 12.1 Å². The van der Waals surface area contributed by atoms with E-state index in [0.29, 0.717) is 6.54 Å². The molecule has 0 aromatic carbocycles. The molecule has 0 radical (unpaired) electrons. The number of likely N-dealkylation sites (tertiary alicyclic amines) is 1. The predicted octanol–water partition coefficient (Wildman–Crippen LogP) is 2.37. The van der Waals surface area contributed by atoms with Gasteiger partial charge in [-0.1, -0.05) is 12.8 Å². The zero-order chi connectivity index (χ0) is 12.2. The molecule has 0 saturated carbocycles. The van der Waals surface area contributed by atoms with Gasteiger partial charge in [-0.3, -0.25) is 4.90 Å². The van der Waals surface area contributed by atoms with Crippen molar-refractivity contribution in [2.45, 2.75) is 58.1 Å². The summed E-state index contributed by atoms with van der Waals surface area (Å²) in [5.41, 5.74) is -0.503. The summed E-state index contributed by atoms with van der Waals surface area (Å²) in [6.07, 6.45) is 4.26. The maximum atomic E-state index is 11.9. The van der Waals surface area contributed by atoms with Crippen LogP contribution >= 0.6 is 0 Å². The fourth-order valence-electron chi connectivity index (χ4n) is 1.82. The van der Waals surface area contributed by atoms with Crippen LogP contribution in [0.1, 0.15) is 46.5 Å². The van der Waals surface area contributed by atoms with E-state index in [4.69, 9.17) is 4.74 Å². The van der Waals surface area contributed by atoms with Gasteiger partial charge in [0.05, 0.1) is 6.04 Å². The maximum absolute atomic E-state index is 11.9. The van der Waals surface area contributed by atoms with Crippen molar-refractivity contribution in [3.63, 3.8) is 0 Å². The number of nitrogens with zero attached hydrogens (tertiary/aromatic N) is 1. The Kier molecular flexibility index (Phi) is 4.33. The lowest BCUT2D eigenvalue weighted by Gasteiger charge is -2.29. The molecule has 1 atom stereocenters. The van der Waals surface area contributed by atoms with Crippen molar-refractivity contribution in [2.75, 3.05) is 6.54 Å². The topological polar surface area (TPSA) is 46.6 Å². The molecule has 0 aromatic heterocycles. The van der Waals surface area contributed by atoms with Gasteiger partial charge in [-0.05, 0) is 33.6 Å². The quantitative estimate of drug-likeness (QED) is 0.646. The first kappa shape index (κ1) is 13.0. The Morgan fingerprint density at radius 1 is 1.31 bits per heavy atom. The molecule has 0 aliphatic carbocycles.